The van der Waals surface area contributed by atoms with Crippen LogP contribution in [-0.2, 0) is 0 Å². The Morgan fingerprint density at radius 3 is 2.71 bits per heavy atom. The van der Waals surface area contributed by atoms with Gasteiger partial charge in [0.15, 0.2) is 5.43 Å². The van der Waals surface area contributed by atoms with Crippen LogP contribution in [0.2, 0.25) is 0 Å². The van der Waals surface area contributed by atoms with Crippen molar-refractivity contribution in [1.82, 2.24) is 0 Å². The van der Waals surface area contributed by atoms with Crippen LogP contribution in [0.25, 0.3) is 11.3 Å². The first kappa shape index (κ1) is 12.3. The number of hydrogen-bond acceptors (Lipinski definition) is 4. The van der Waals surface area contributed by atoms with E-state index >= 15 is 0 Å². The maximum atomic E-state index is 11.5. The topological polar surface area (TPSA) is 42.2 Å². The highest BCUT2D eigenvalue weighted by molar-refractivity contribution is 8.00. The van der Waals surface area contributed by atoms with Crippen molar-refractivity contribution in [3.8, 4) is 11.3 Å². The average molecular weight is 293 g/mol. The van der Waals surface area contributed by atoms with Gasteiger partial charge in [-0.2, -0.15) is 0 Å². The Balaban J connectivity index is 1.88. The van der Waals surface area contributed by atoms with Gasteiger partial charge in [-0.3, -0.25) is 4.79 Å². The molecule has 1 aliphatic heterocycles. The second kappa shape index (κ2) is 4.82. The molecule has 0 fully saturated rings. The highest BCUT2D eigenvalue weighted by Crippen LogP contribution is 2.47. The largest absolute Gasteiger partial charge is 0.464 e. The summed E-state index contributed by atoms with van der Waals surface area (Å²) < 4.78 is 5.51. The summed E-state index contributed by atoms with van der Waals surface area (Å²) in [6.07, 6.45) is 1.44. The van der Waals surface area contributed by atoms with E-state index in [4.69, 9.17) is 4.42 Å². The van der Waals surface area contributed by atoms with Gasteiger partial charge in [-0.05, 0) is 24.3 Å². The summed E-state index contributed by atoms with van der Waals surface area (Å²) in [4.78, 5) is 13.8. The zero-order valence-corrected chi connectivity index (χ0v) is 11.8. The zero-order valence-electron chi connectivity index (χ0n) is 11.0. The van der Waals surface area contributed by atoms with E-state index in [0.717, 1.165) is 26.7 Å². The van der Waals surface area contributed by atoms with Crippen molar-refractivity contribution in [3.63, 3.8) is 0 Å². The second-order valence-electron chi connectivity index (χ2n) is 4.74. The van der Waals surface area contributed by atoms with Crippen LogP contribution in [0.1, 0.15) is 0 Å². The lowest BCUT2D eigenvalue weighted by Gasteiger charge is -2.22. The molecule has 0 saturated heterocycles. The SMILES string of the molecule is O=c1ccoc(-c2cccc3c2Sc2ccccc2N3)c1. The van der Waals surface area contributed by atoms with Crippen molar-refractivity contribution in [1.29, 1.82) is 0 Å². The molecule has 0 amide bonds. The van der Waals surface area contributed by atoms with Crippen LogP contribution in [0.3, 0.4) is 0 Å². The molecule has 0 atom stereocenters. The fourth-order valence-corrected chi connectivity index (χ4v) is 3.48. The van der Waals surface area contributed by atoms with Crippen LogP contribution in [0.5, 0.6) is 0 Å². The standard InChI is InChI=1S/C17H11NO2S/c19-11-8-9-20-15(10-11)12-4-3-6-14-17(12)21-16-7-2-1-5-13(16)18-14/h1-10,18H. The molecular weight excluding hydrogens is 282 g/mol. The van der Waals surface area contributed by atoms with Gasteiger partial charge in [-0.1, -0.05) is 30.0 Å². The molecule has 4 rings (SSSR count). The molecule has 1 aromatic heterocycles. The van der Waals surface area contributed by atoms with Crippen molar-refractivity contribution in [2.45, 2.75) is 9.79 Å². The van der Waals surface area contributed by atoms with E-state index < -0.39 is 0 Å². The van der Waals surface area contributed by atoms with Crippen molar-refractivity contribution >= 4 is 23.1 Å². The van der Waals surface area contributed by atoms with Gasteiger partial charge in [-0.25, -0.2) is 0 Å². The Kier molecular flexibility index (Phi) is 2.82. The summed E-state index contributed by atoms with van der Waals surface area (Å²) in [6, 6.07) is 17.1. The quantitative estimate of drug-likeness (QED) is 0.560. The fourth-order valence-electron chi connectivity index (χ4n) is 2.38. The third-order valence-electron chi connectivity index (χ3n) is 3.35. The third-order valence-corrected chi connectivity index (χ3v) is 4.57. The van der Waals surface area contributed by atoms with Gasteiger partial charge >= 0.3 is 0 Å². The molecule has 0 aliphatic carbocycles. The lowest BCUT2D eigenvalue weighted by Crippen LogP contribution is -2.02. The predicted molar refractivity (Wildman–Crippen MR) is 84.3 cm³/mol. The van der Waals surface area contributed by atoms with Crippen LogP contribution in [0.4, 0.5) is 11.4 Å². The van der Waals surface area contributed by atoms with Crippen molar-refractivity contribution in [2.24, 2.45) is 0 Å². The Morgan fingerprint density at radius 2 is 1.81 bits per heavy atom. The molecule has 1 aliphatic rings. The van der Waals surface area contributed by atoms with Crippen LogP contribution in [0.15, 0.2) is 79.9 Å². The summed E-state index contributed by atoms with van der Waals surface area (Å²) in [5, 5.41) is 3.42. The molecule has 2 heterocycles. The van der Waals surface area contributed by atoms with Gasteiger partial charge in [0.25, 0.3) is 0 Å². The molecule has 1 N–H and O–H groups in total. The first-order chi connectivity index (χ1) is 10.3. The Hall–Kier alpha value is -2.46. The summed E-state index contributed by atoms with van der Waals surface area (Å²) in [6.45, 7) is 0. The van der Waals surface area contributed by atoms with E-state index in [1.54, 1.807) is 11.8 Å². The Bertz CT molecular complexity index is 886. The van der Waals surface area contributed by atoms with Gasteiger partial charge in [0.1, 0.15) is 5.76 Å². The lowest BCUT2D eigenvalue weighted by atomic mass is 10.1. The maximum absolute atomic E-state index is 11.5. The van der Waals surface area contributed by atoms with Gasteiger partial charge in [-0.15, -0.1) is 0 Å². The number of hydrogen-bond donors (Lipinski definition) is 1. The van der Waals surface area contributed by atoms with E-state index in [2.05, 4.69) is 17.4 Å². The molecule has 0 unspecified atom stereocenters. The highest BCUT2D eigenvalue weighted by atomic mass is 32.2. The molecule has 0 bridgehead atoms. The maximum Gasteiger partial charge on any atom is 0.185 e. The van der Waals surface area contributed by atoms with E-state index in [1.165, 1.54) is 18.4 Å². The molecule has 4 heteroatoms. The zero-order chi connectivity index (χ0) is 14.2. The summed E-state index contributed by atoms with van der Waals surface area (Å²) in [5.74, 6) is 0.591. The van der Waals surface area contributed by atoms with Gasteiger partial charge < -0.3 is 9.73 Å². The highest BCUT2D eigenvalue weighted by Gasteiger charge is 2.19. The molecule has 0 saturated carbocycles. The van der Waals surface area contributed by atoms with Crippen molar-refractivity contribution in [2.75, 3.05) is 5.32 Å². The Labute approximate surface area is 125 Å². The normalized spacial score (nSPS) is 12.2. The predicted octanol–water partition coefficient (Wildman–Crippen LogP) is 4.52. The molecule has 21 heavy (non-hydrogen) atoms. The second-order valence-corrected chi connectivity index (χ2v) is 5.79. The smallest absolute Gasteiger partial charge is 0.185 e. The van der Waals surface area contributed by atoms with Gasteiger partial charge in [0.05, 0.1) is 17.6 Å². The number of fused-ring (bicyclic) bond motifs is 2. The summed E-state index contributed by atoms with van der Waals surface area (Å²) >= 11 is 1.69. The number of para-hydroxylation sites is 1. The molecule has 102 valence electrons. The minimum atomic E-state index is -0.0528. The molecular formula is C17H11NO2S. The molecule has 3 nitrogen and oxygen atoms in total. The van der Waals surface area contributed by atoms with Crippen LogP contribution in [0, 0.1) is 0 Å². The van der Waals surface area contributed by atoms with E-state index in [0.29, 0.717) is 5.76 Å². The fraction of sp³-hybridized carbons (Fsp3) is 0. The van der Waals surface area contributed by atoms with Gasteiger partial charge in [0, 0.05) is 27.5 Å². The summed E-state index contributed by atoms with van der Waals surface area (Å²) in [5.41, 5.74) is 3.00. The third kappa shape index (κ3) is 2.14. The molecule has 0 spiro atoms. The van der Waals surface area contributed by atoms with Crippen LogP contribution in [-0.4, -0.2) is 0 Å². The molecule has 3 aromatic rings. The van der Waals surface area contributed by atoms with Crippen molar-refractivity contribution < 1.29 is 4.42 Å². The number of anilines is 2. The van der Waals surface area contributed by atoms with Crippen LogP contribution < -0.4 is 10.7 Å². The first-order valence-corrected chi connectivity index (χ1v) is 7.39. The Morgan fingerprint density at radius 1 is 0.952 bits per heavy atom. The van der Waals surface area contributed by atoms with E-state index in [1.807, 2.05) is 30.3 Å². The summed E-state index contributed by atoms with van der Waals surface area (Å²) in [7, 11) is 0. The van der Waals surface area contributed by atoms with Crippen LogP contribution >= 0.6 is 11.8 Å². The monoisotopic (exact) mass is 293 g/mol. The number of nitrogens with one attached hydrogen (secondary N) is 1. The van der Waals surface area contributed by atoms with Crippen molar-refractivity contribution in [3.05, 3.63) is 71.1 Å². The minimum absolute atomic E-state index is 0.0528. The lowest BCUT2D eigenvalue weighted by molar-refractivity contribution is 0.563. The number of rotatable bonds is 1. The average Bonchev–Trinajstić information content (AvgIpc) is 2.52. The van der Waals surface area contributed by atoms with Gasteiger partial charge in [0.2, 0.25) is 0 Å². The van der Waals surface area contributed by atoms with E-state index in [9.17, 15) is 4.79 Å². The van der Waals surface area contributed by atoms with E-state index in [-0.39, 0.29) is 5.43 Å². The minimum Gasteiger partial charge on any atom is -0.464 e. The number of benzene rings is 2. The first-order valence-electron chi connectivity index (χ1n) is 6.57. The molecule has 0 radical (unpaired) electrons. The molecule has 2 aromatic carbocycles.